The SMILES string of the molecule is CC(C)Cc1nc(-c2ccccc2)cn2c(C(Cc3cnc[nH]3)C(=O)N[C@@H](CC3CCCCC3)C(O)C3CCCCC3)nnc12. The highest BCUT2D eigenvalue weighted by atomic mass is 16.3. The van der Waals surface area contributed by atoms with Crippen LogP contribution in [0.3, 0.4) is 0 Å². The molecular weight excluding hydrogens is 562 g/mol. The van der Waals surface area contributed by atoms with Gasteiger partial charge in [0.1, 0.15) is 11.7 Å². The predicted molar refractivity (Wildman–Crippen MR) is 175 cm³/mol. The molecule has 2 saturated carbocycles. The monoisotopic (exact) mass is 611 g/mol. The first-order valence-corrected chi connectivity index (χ1v) is 17.2. The fourth-order valence-electron chi connectivity index (χ4n) is 7.55. The number of imidazole rings is 1. The molecule has 4 aromatic rings. The van der Waals surface area contributed by atoms with E-state index in [4.69, 9.17) is 4.98 Å². The summed E-state index contributed by atoms with van der Waals surface area (Å²) in [5.41, 5.74) is 4.23. The van der Waals surface area contributed by atoms with Crippen LogP contribution in [0.15, 0.2) is 49.1 Å². The van der Waals surface area contributed by atoms with E-state index >= 15 is 0 Å². The standard InChI is InChI=1S/C36H49N7O2/c1-24(2)18-31-35-42-41-34(43(35)22-32(39-31)26-14-8-4-9-15-26)29(20-28-21-37-23-38-28)36(45)40-30(19-25-12-6-3-7-13-25)33(44)27-16-10-5-11-17-27/h4,8-9,14-15,21-25,27,29-30,33,44H,3,5-7,10-13,16-20H2,1-2H3,(H,37,38)(H,40,45)/t29?,30-,33?/m0/s1. The van der Waals surface area contributed by atoms with Crippen LogP contribution >= 0.6 is 0 Å². The molecule has 1 aromatic carbocycles. The van der Waals surface area contributed by atoms with E-state index < -0.39 is 12.0 Å². The van der Waals surface area contributed by atoms with E-state index in [1.165, 1.54) is 38.5 Å². The normalized spacial score (nSPS) is 18.7. The Balaban J connectivity index is 1.37. The molecule has 2 fully saturated rings. The summed E-state index contributed by atoms with van der Waals surface area (Å²) in [5.74, 6) is 0.943. The minimum Gasteiger partial charge on any atom is -0.391 e. The van der Waals surface area contributed by atoms with Crippen molar-refractivity contribution >= 4 is 11.6 Å². The molecule has 6 rings (SSSR count). The van der Waals surface area contributed by atoms with Crippen LogP contribution in [0.1, 0.15) is 108 Å². The Hall–Kier alpha value is -3.59. The summed E-state index contributed by atoms with van der Waals surface area (Å²) >= 11 is 0. The van der Waals surface area contributed by atoms with E-state index in [1.54, 1.807) is 12.5 Å². The van der Waals surface area contributed by atoms with Crippen molar-refractivity contribution in [2.45, 2.75) is 115 Å². The van der Waals surface area contributed by atoms with Gasteiger partial charge >= 0.3 is 0 Å². The maximum atomic E-state index is 14.5. The number of carbonyl (C=O) groups is 1. The Morgan fingerprint density at radius 1 is 1.00 bits per heavy atom. The number of aliphatic hydroxyl groups excluding tert-OH is 1. The van der Waals surface area contributed by atoms with Gasteiger partial charge in [-0.15, -0.1) is 10.2 Å². The maximum Gasteiger partial charge on any atom is 0.231 e. The summed E-state index contributed by atoms with van der Waals surface area (Å²) in [7, 11) is 0. The zero-order valence-corrected chi connectivity index (χ0v) is 26.9. The number of aromatic nitrogens is 6. The molecule has 3 N–H and O–H groups in total. The number of carbonyl (C=O) groups excluding carboxylic acids is 1. The van der Waals surface area contributed by atoms with Crippen LogP contribution in [0.25, 0.3) is 16.9 Å². The van der Waals surface area contributed by atoms with Crippen LogP contribution in [0.5, 0.6) is 0 Å². The summed E-state index contributed by atoms with van der Waals surface area (Å²) in [6.07, 6.45) is 18.5. The minimum atomic E-state index is -0.634. The van der Waals surface area contributed by atoms with Crippen molar-refractivity contribution in [3.63, 3.8) is 0 Å². The lowest BCUT2D eigenvalue weighted by molar-refractivity contribution is -0.125. The molecular formula is C36H49N7O2. The average molecular weight is 612 g/mol. The first kappa shape index (κ1) is 31.4. The number of aliphatic hydroxyl groups is 1. The van der Waals surface area contributed by atoms with Crippen molar-refractivity contribution in [2.75, 3.05) is 0 Å². The van der Waals surface area contributed by atoms with Crippen molar-refractivity contribution in [1.29, 1.82) is 0 Å². The lowest BCUT2D eigenvalue weighted by Gasteiger charge is -2.36. The summed E-state index contributed by atoms with van der Waals surface area (Å²) in [6.45, 7) is 4.34. The number of amides is 1. The molecule has 240 valence electrons. The van der Waals surface area contributed by atoms with Gasteiger partial charge in [-0.3, -0.25) is 9.20 Å². The number of benzene rings is 1. The van der Waals surface area contributed by atoms with Crippen LogP contribution in [-0.4, -0.2) is 52.7 Å². The second kappa shape index (κ2) is 14.7. The maximum absolute atomic E-state index is 14.5. The Bertz CT molecular complexity index is 1510. The first-order chi connectivity index (χ1) is 22.0. The van der Waals surface area contributed by atoms with Crippen LogP contribution in [-0.2, 0) is 17.6 Å². The minimum absolute atomic E-state index is 0.127. The summed E-state index contributed by atoms with van der Waals surface area (Å²) < 4.78 is 1.97. The molecule has 3 atom stereocenters. The van der Waals surface area contributed by atoms with Gasteiger partial charge in [0.15, 0.2) is 5.65 Å². The summed E-state index contributed by atoms with van der Waals surface area (Å²) in [6, 6.07) is 9.83. The van der Waals surface area contributed by atoms with Crippen LogP contribution < -0.4 is 5.32 Å². The predicted octanol–water partition coefficient (Wildman–Crippen LogP) is 6.44. The van der Waals surface area contributed by atoms with Crippen molar-refractivity contribution in [1.82, 2.24) is 34.9 Å². The molecule has 9 heteroatoms. The fraction of sp³-hybridized carbons (Fsp3) is 0.583. The lowest BCUT2D eigenvalue weighted by Crippen LogP contribution is -2.49. The molecule has 0 aliphatic heterocycles. The van der Waals surface area contributed by atoms with E-state index in [9.17, 15) is 9.90 Å². The number of hydrogen-bond acceptors (Lipinski definition) is 6. The van der Waals surface area contributed by atoms with Gasteiger partial charge < -0.3 is 15.4 Å². The molecule has 0 radical (unpaired) electrons. The molecule has 1 amide bonds. The second-order valence-electron chi connectivity index (χ2n) is 13.9. The fourth-order valence-corrected chi connectivity index (χ4v) is 7.55. The van der Waals surface area contributed by atoms with Crippen molar-refractivity contribution in [2.24, 2.45) is 17.8 Å². The van der Waals surface area contributed by atoms with Crippen molar-refractivity contribution in [3.8, 4) is 11.3 Å². The third-order valence-corrected chi connectivity index (χ3v) is 9.95. The molecule has 9 nitrogen and oxygen atoms in total. The number of H-pyrrole nitrogens is 1. The Labute approximate surface area is 266 Å². The highest BCUT2D eigenvalue weighted by Gasteiger charge is 2.35. The van der Waals surface area contributed by atoms with Crippen molar-refractivity contribution in [3.05, 3.63) is 66.3 Å². The summed E-state index contributed by atoms with van der Waals surface area (Å²) in [5, 5.41) is 24.5. The van der Waals surface area contributed by atoms with Crippen LogP contribution in [0.2, 0.25) is 0 Å². The molecule has 45 heavy (non-hydrogen) atoms. The molecule has 0 spiro atoms. The van der Waals surface area contributed by atoms with E-state index in [1.807, 2.05) is 28.8 Å². The molecule has 2 aliphatic carbocycles. The number of hydrogen-bond donors (Lipinski definition) is 3. The van der Waals surface area contributed by atoms with Gasteiger partial charge in [0.2, 0.25) is 5.91 Å². The van der Waals surface area contributed by atoms with Gasteiger partial charge in [0, 0.05) is 30.1 Å². The zero-order valence-electron chi connectivity index (χ0n) is 26.9. The number of aromatic amines is 1. The van der Waals surface area contributed by atoms with Gasteiger partial charge in [-0.1, -0.05) is 95.5 Å². The smallest absolute Gasteiger partial charge is 0.231 e. The quantitative estimate of drug-likeness (QED) is 0.170. The topological polar surface area (TPSA) is 121 Å². The van der Waals surface area contributed by atoms with Gasteiger partial charge in [0.25, 0.3) is 0 Å². The van der Waals surface area contributed by atoms with Gasteiger partial charge in [0.05, 0.1) is 29.9 Å². The number of nitrogens with zero attached hydrogens (tertiary/aromatic N) is 5. The third-order valence-electron chi connectivity index (χ3n) is 9.95. The first-order valence-electron chi connectivity index (χ1n) is 17.2. The Morgan fingerprint density at radius 3 is 2.42 bits per heavy atom. The third kappa shape index (κ3) is 7.63. The second-order valence-corrected chi connectivity index (χ2v) is 13.9. The number of fused-ring (bicyclic) bond motifs is 1. The molecule has 3 aromatic heterocycles. The molecule has 3 heterocycles. The van der Waals surface area contributed by atoms with Gasteiger partial charge in [-0.2, -0.15) is 0 Å². The van der Waals surface area contributed by atoms with E-state index in [0.717, 1.165) is 61.2 Å². The zero-order chi connectivity index (χ0) is 31.2. The Kier molecular flexibility index (Phi) is 10.2. The highest BCUT2D eigenvalue weighted by molar-refractivity contribution is 5.83. The molecule has 0 bridgehead atoms. The van der Waals surface area contributed by atoms with E-state index in [0.29, 0.717) is 29.7 Å². The Morgan fingerprint density at radius 2 is 1.73 bits per heavy atom. The molecule has 2 unspecified atom stereocenters. The number of rotatable bonds is 12. The highest BCUT2D eigenvalue weighted by Crippen LogP contribution is 2.33. The van der Waals surface area contributed by atoms with E-state index in [2.05, 4.69) is 51.5 Å². The molecule has 2 aliphatic rings. The van der Waals surface area contributed by atoms with E-state index in [-0.39, 0.29) is 17.9 Å². The van der Waals surface area contributed by atoms with Gasteiger partial charge in [-0.05, 0) is 43.4 Å². The lowest BCUT2D eigenvalue weighted by atomic mass is 9.78. The molecule has 0 saturated heterocycles. The van der Waals surface area contributed by atoms with Gasteiger partial charge in [-0.25, -0.2) is 9.97 Å². The number of nitrogens with one attached hydrogen (secondary N) is 2. The summed E-state index contributed by atoms with van der Waals surface area (Å²) in [4.78, 5) is 27.0. The van der Waals surface area contributed by atoms with Crippen LogP contribution in [0, 0.1) is 17.8 Å². The largest absolute Gasteiger partial charge is 0.391 e. The van der Waals surface area contributed by atoms with Crippen molar-refractivity contribution < 1.29 is 9.90 Å². The van der Waals surface area contributed by atoms with Crippen LogP contribution in [0.4, 0.5) is 0 Å². The average Bonchev–Trinajstić information content (AvgIpc) is 3.74.